The van der Waals surface area contributed by atoms with Gasteiger partial charge in [0.05, 0.1) is 15.2 Å². The summed E-state index contributed by atoms with van der Waals surface area (Å²) >= 11 is 6.91. The first kappa shape index (κ1) is 15.0. The van der Waals surface area contributed by atoms with Gasteiger partial charge in [-0.2, -0.15) is 0 Å². The van der Waals surface area contributed by atoms with Crippen molar-refractivity contribution < 1.29 is 9.90 Å². The van der Waals surface area contributed by atoms with Crippen LogP contribution in [-0.2, 0) is 11.3 Å². The predicted octanol–water partition coefficient (Wildman–Crippen LogP) is 1.19. The summed E-state index contributed by atoms with van der Waals surface area (Å²) in [6.07, 6.45) is 1.43. The van der Waals surface area contributed by atoms with Gasteiger partial charge in [-0.1, -0.05) is 29.0 Å². The molecule has 0 saturated heterocycles. The van der Waals surface area contributed by atoms with Crippen molar-refractivity contribution in [2.45, 2.75) is 6.54 Å². The van der Waals surface area contributed by atoms with E-state index in [-0.39, 0.29) is 17.4 Å². The number of hydrogen-bond donors (Lipinski definition) is 3. The highest BCUT2D eigenvalue weighted by Gasteiger charge is 2.12. The summed E-state index contributed by atoms with van der Waals surface area (Å²) < 4.78 is 1.87. The molecule has 4 N–H and O–H groups in total. The first-order chi connectivity index (χ1) is 9.99. The minimum Gasteiger partial charge on any atom is -0.480 e. The molecule has 0 aliphatic carbocycles. The molecule has 0 saturated carbocycles. The zero-order valence-corrected chi connectivity index (χ0v) is 12.1. The van der Waals surface area contributed by atoms with E-state index in [0.29, 0.717) is 15.2 Å². The van der Waals surface area contributed by atoms with Gasteiger partial charge in [-0.15, -0.1) is 5.10 Å². The van der Waals surface area contributed by atoms with Crippen LogP contribution in [0.15, 0.2) is 29.3 Å². The van der Waals surface area contributed by atoms with Crippen LogP contribution in [0.2, 0.25) is 5.02 Å². The summed E-state index contributed by atoms with van der Waals surface area (Å²) in [6.45, 7) is -0.359. The van der Waals surface area contributed by atoms with Crippen LogP contribution in [0.1, 0.15) is 0 Å². The number of nitrogens with one attached hydrogen (secondary N) is 1. The van der Waals surface area contributed by atoms with Gasteiger partial charge in [0, 0.05) is 0 Å². The summed E-state index contributed by atoms with van der Waals surface area (Å²) in [7, 11) is 0. The van der Waals surface area contributed by atoms with Crippen molar-refractivity contribution in [3.05, 3.63) is 39.2 Å². The molecule has 0 fully saturated rings. The van der Waals surface area contributed by atoms with Crippen molar-refractivity contribution >= 4 is 45.1 Å². The van der Waals surface area contributed by atoms with Gasteiger partial charge in [0.2, 0.25) is 5.95 Å². The molecular formula is C11H10ClN5O3S. The number of anilines is 1. The first-order valence-corrected chi connectivity index (χ1v) is 6.79. The summed E-state index contributed by atoms with van der Waals surface area (Å²) in [5, 5.41) is 15.0. The van der Waals surface area contributed by atoms with Gasteiger partial charge in [-0.05, 0) is 12.1 Å². The maximum atomic E-state index is 11.5. The topological polar surface area (TPSA) is 127 Å². The van der Waals surface area contributed by atoms with E-state index in [1.54, 1.807) is 18.2 Å². The number of aromatic nitrogens is 4. The number of para-hydroxylation sites is 1. The van der Waals surface area contributed by atoms with E-state index in [9.17, 15) is 9.59 Å². The number of carboxylic acid groups (broad SMARTS) is 1. The van der Waals surface area contributed by atoms with Crippen LogP contribution in [0.5, 0.6) is 0 Å². The molecule has 21 heavy (non-hydrogen) atoms. The normalized spacial score (nSPS) is 10.1. The number of carbonyl (C=O) groups is 1. The number of rotatable bonds is 2. The molecule has 0 spiro atoms. The SMILES string of the molecule is Nc1nc[nH]n1.O=C(O)Cn1c(=O)sc2cccc(Cl)c21. The number of fused-ring (bicyclic) bond motifs is 1. The number of H-pyrrole nitrogens is 1. The lowest BCUT2D eigenvalue weighted by Crippen LogP contribution is -2.18. The van der Waals surface area contributed by atoms with Crippen molar-refractivity contribution in [2.24, 2.45) is 0 Å². The van der Waals surface area contributed by atoms with Crippen molar-refractivity contribution in [3.63, 3.8) is 0 Å². The Kier molecular flexibility index (Phi) is 4.55. The second-order valence-corrected chi connectivity index (χ2v) is 5.19. The molecule has 8 nitrogen and oxygen atoms in total. The van der Waals surface area contributed by atoms with Crippen molar-refractivity contribution in [1.29, 1.82) is 0 Å². The zero-order chi connectivity index (χ0) is 15.4. The Bertz CT molecular complexity index is 811. The largest absolute Gasteiger partial charge is 0.480 e. The molecule has 10 heteroatoms. The van der Waals surface area contributed by atoms with E-state index in [4.69, 9.17) is 22.4 Å². The number of nitrogens with zero attached hydrogens (tertiary/aromatic N) is 3. The highest BCUT2D eigenvalue weighted by atomic mass is 35.5. The molecule has 0 amide bonds. The van der Waals surface area contributed by atoms with Crippen molar-refractivity contribution in [3.8, 4) is 0 Å². The Balaban J connectivity index is 0.000000225. The van der Waals surface area contributed by atoms with Gasteiger partial charge >= 0.3 is 10.8 Å². The number of nitrogen functional groups attached to an aromatic ring is 1. The monoisotopic (exact) mass is 327 g/mol. The molecule has 0 unspecified atom stereocenters. The molecule has 2 heterocycles. The van der Waals surface area contributed by atoms with Crippen molar-refractivity contribution in [2.75, 3.05) is 5.73 Å². The first-order valence-electron chi connectivity index (χ1n) is 5.60. The number of nitrogens with two attached hydrogens (primary N) is 1. The summed E-state index contributed by atoms with van der Waals surface area (Å²) in [4.78, 5) is 25.3. The fourth-order valence-electron chi connectivity index (χ4n) is 1.58. The number of carboxylic acids is 1. The standard InChI is InChI=1S/C9H6ClNO3S.C2H4N4/c10-5-2-1-3-6-8(5)11(4-7(12)13)9(14)15-6;3-2-4-1-5-6-2/h1-3H,4H2,(H,12,13);1H,(H3,3,4,5,6). The van der Waals surface area contributed by atoms with Gasteiger partial charge < -0.3 is 10.8 Å². The number of benzene rings is 1. The molecule has 1 aromatic carbocycles. The average molecular weight is 328 g/mol. The number of hydrogen-bond acceptors (Lipinski definition) is 6. The van der Waals surface area contributed by atoms with Gasteiger partial charge in [0.1, 0.15) is 12.9 Å². The summed E-state index contributed by atoms with van der Waals surface area (Å²) in [5.41, 5.74) is 5.52. The smallest absolute Gasteiger partial charge is 0.323 e. The average Bonchev–Trinajstić information content (AvgIpc) is 2.99. The van der Waals surface area contributed by atoms with Crippen LogP contribution < -0.4 is 10.6 Å². The Hall–Kier alpha value is -2.39. The maximum absolute atomic E-state index is 11.5. The molecule has 0 aliphatic heterocycles. The quantitative estimate of drug-likeness (QED) is 0.648. The number of halogens is 1. The third-order valence-corrected chi connectivity index (χ3v) is 3.61. The molecule has 3 rings (SSSR count). The fraction of sp³-hybridized carbons (Fsp3) is 0.0909. The molecule has 3 aromatic rings. The maximum Gasteiger partial charge on any atom is 0.323 e. The second kappa shape index (κ2) is 6.37. The Morgan fingerprint density at radius 3 is 2.81 bits per heavy atom. The predicted molar refractivity (Wildman–Crippen MR) is 79.5 cm³/mol. The minimum atomic E-state index is -1.06. The molecule has 0 atom stereocenters. The highest BCUT2D eigenvalue weighted by Crippen LogP contribution is 2.24. The van der Waals surface area contributed by atoms with Crippen LogP contribution in [0.3, 0.4) is 0 Å². The highest BCUT2D eigenvalue weighted by molar-refractivity contribution is 7.16. The molecule has 0 radical (unpaired) electrons. The molecular weight excluding hydrogens is 318 g/mol. The summed E-state index contributed by atoms with van der Waals surface area (Å²) in [5.74, 6) is -0.772. The van der Waals surface area contributed by atoms with Crippen molar-refractivity contribution in [1.82, 2.24) is 19.7 Å². The van der Waals surface area contributed by atoms with Gasteiger partial charge in [-0.25, -0.2) is 4.98 Å². The third-order valence-electron chi connectivity index (χ3n) is 2.36. The Morgan fingerprint density at radius 2 is 2.29 bits per heavy atom. The third kappa shape index (κ3) is 3.58. The van der Waals surface area contributed by atoms with E-state index in [1.807, 2.05) is 0 Å². The number of aliphatic carboxylic acids is 1. The van der Waals surface area contributed by atoms with E-state index in [2.05, 4.69) is 15.2 Å². The van der Waals surface area contributed by atoms with Crippen LogP contribution in [0, 0.1) is 0 Å². The van der Waals surface area contributed by atoms with E-state index >= 15 is 0 Å². The van der Waals surface area contributed by atoms with E-state index < -0.39 is 5.97 Å². The van der Waals surface area contributed by atoms with Crippen LogP contribution in [0.4, 0.5) is 5.95 Å². The zero-order valence-electron chi connectivity index (χ0n) is 10.5. The van der Waals surface area contributed by atoms with Gasteiger partial charge in [0.25, 0.3) is 0 Å². The van der Waals surface area contributed by atoms with E-state index in [1.165, 1.54) is 10.9 Å². The number of thiazole rings is 1. The lowest BCUT2D eigenvalue weighted by Gasteiger charge is -2.00. The van der Waals surface area contributed by atoms with Gasteiger partial charge in [-0.3, -0.25) is 19.3 Å². The lowest BCUT2D eigenvalue weighted by molar-refractivity contribution is -0.137. The number of aromatic amines is 1. The Labute approximate surface area is 126 Å². The second-order valence-electron chi connectivity index (χ2n) is 3.79. The molecule has 2 aromatic heterocycles. The molecule has 110 valence electrons. The Morgan fingerprint density at radius 1 is 1.52 bits per heavy atom. The van der Waals surface area contributed by atoms with Crippen LogP contribution in [0.25, 0.3) is 10.2 Å². The van der Waals surface area contributed by atoms with Gasteiger partial charge in [0.15, 0.2) is 0 Å². The molecule has 0 bridgehead atoms. The van der Waals surface area contributed by atoms with Crippen LogP contribution >= 0.6 is 22.9 Å². The molecule has 0 aliphatic rings. The van der Waals surface area contributed by atoms with E-state index in [0.717, 1.165) is 11.3 Å². The summed E-state index contributed by atoms with van der Waals surface area (Å²) in [6, 6.07) is 5.10. The fourth-order valence-corrected chi connectivity index (χ4v) is 2.83. The lowest BCUT2D eigenvalue weighted by atomic mass is 10.3. The van der Waals surface area contributed by atoms with Crippen LogP contribution in [-0.4, -0.2) is 30.8 Å². The minimum absolute atomic E-state index is 0.287.